The number of sulfone groups is 1. The number of rotatable bonds is 7. The third-order valence-electron chi connectivity index (χ3n) is 5.71. The van der Waals surface area contributed by atoms with Crippen LogP contribution in [0.25, 0.3) is 0 Å². The molecule has 1 aliphatic heterocycles. The number of benzene rings is 1. The van der Waals surface area contributed by atoms with Crippen LogP contribution in [0.15, 0.2) is 53.8 Å². The van der Waals surface area contributed by atoms with E-state index in [-0.39, 0.29) is 22.4 Å². The van der Waals surface area contributed by atoms with E-state index in [1.807, 2.05) is 12.4 Å². The van der Waals surface area contributed by atoms with Crippen LogP contribution in [0.2, 0.25) is 0 Å². The summed E-state index contributed by atoms with van der Waals surface area (Å²) in [5, 5.41) is 2.40. The summed E-state index contributed by atoms with van der Waals surface area (Å²) in [5.41, 5.74) is 1.04. The van der Waals surface area contributed by atoms with Crippen LogP contribution in [0.1, 0.15) is 35.8 Å². The molecule has 0 spiro atoms. The lowest BCUT2D eigenvalue weighted by Crippen LogP contribution is -2.39. The second-order valence-electron chi connectivity index (χ2n) is 8.30. The maximum absolute atomic E-state index is 14.2. The van der Waals surface area contributed by atoms with Crippen LogP contribution in [0.4, 0.5) is 16.0 Å². The van der Waals surface area contributed by atoms with E-state index >= 15 is 0 Å². The van der Waals surface area contributed by atoms with Gasteiger partial charge >= 0.3 is 0 Å². The van der Waals surface area contributed by atoms with Crippen LogP contribution >= 0.6 is 0 Å². The number of piperidine rings is 1. The van der Waals surface area contributed by atoms with Crippen LogP contribution in [-0.4, -0.2) is 54.7 Å². The molecule has 0 saturated carbocycles. The molecular formula is C24H26FN5O4S. The molecule has 35 heavy (non-hydrogen) atoms. The third kappa shape index (κ3) is 6.10. The lowest BCUT2D eigenvalue weighted by atomic mass is 10.1. The monoisotopic (exact) mass is 499 g/mol. The minimum atomic E-state index is -3.55. The number of carbonyl (C=O) groups excluding carboxylic acids is 1. The number of aromatic nitrogens is 3. The predicted octanol–water partition coefficient (Wildman–Crippen LogP) is 3.28. The van der Waals surface area contributed by atoms with Gasteiger partial charge in [-0.25, -0.2) is 27.8 Å². The quantitative estimate of drug-likeness (QED) is 0.527. The molecule has 1 amide bonds. The molecule has 0 unspecified atom stereocenters. The number of hydrogen-bond donors (Lipinski definition) is 1. The fourth-order valence-electron chi connectivity index (χ4n) is 3.66. The Balaban J connectivity index is 1.31. The van der Waals surface area contributed by atoms with Crippen LogP contribution in [-0.2, 0) is 16.3 Å². The number of nitrogens with zero attached hydrogens (tertiary/aromatic N) is 4. The van der Waals surface area contributed by atoms with Gasteiger partial charge in [-0.05, 0) is 42.3 Å². The van der Waals surface area contributed by atoms with Crippen molar-refractivity contribution in [2.24, 2.45) is 0 Å². The summed E-state index contributed by atoms with van der Waals surface area (Å²) in [7, 11) is -3.55. The highest BCUT2D eigenvalue weighted by molar-refractivity contribution is 7.90. The topological polar surface area (TPSA) is 114 Å². The number of halogens is 1. The molecule has 1 aromatic carbocycles. The van der Waals surface area contributed by atoms with Crippen LogP contribution in [0.3, 0.4) is 0 Å². The highest BCUT2D eigenvalue weighted by Gasteiger charge is 2.22. The number of ether oxygens (including phenoxy) is 1. The molecule has 1 aliphatic rings. The van der Waals surface area contributed by atoms with Gasteiger partial charge in [0.05, 0.1) is 16.8 Å². The summed E-state index contributed by atoms with van der Waals surface area (Å²) in [6.45, 7) is 3.61. The predicted molar refractivity (Wildman–Crippen MR) is 129 cm³/mol. The molecule has 184 valence electrons. The van der Waals surface area contributed by atoms with Gasteiger partial charge in [0.2, 0.25) is 5.95 Å². The molecule has 0 atom stereocenters. The van der Waals surface area contributed by atoms with Gasteiger partial charge in [-0.3, -0.25) is 4.79 Å². The molecule has 3 aromatic rings. The summed E-state index contributed by atoms with van der Waals surface area (Å²) in [6.07, 6.45) is 8.65. The molecule has 1 N–H and O–H groups in total. The molecule has 3 heterocycles. The molecule has 4 rings (SSSR count). The van der Waals surface area contributed by atoms with Crippen molar-refractivity contribution in [2.45, 2.75) is 37.2 Å². The summed E-state index contributed by atoms with van der Waals surface area (Å²) >= 11 is 0. The van der Waals surface area contributed by atoms with Crippen molar-refractivity contribution in [3.05, 3.63) is 66.0 Å². The number of amides is 1. The third-order valence-corrected chi connectivity index (χ3v) is 6.82. The number of carbonyl (C=O) groups is 1. The number of pyridine rings is 1. The minimum Gasteiger partial charge on any atom is -0.489 e. The van der Waals surface area contributed by atoms with E-state index in [0.29, 0.717) is 5.75 Å². The average Bonchev–Trinajstić information content (AvgIpc) is 2.85. The Labute approximate surface area is 203 Å². The van der Waals surface area contributed by atoms with E-state index in [9.17, 15) is 17.6 Å². The van der Waals surface area contributed by atoms with Gasteiger partial charge in [0, 0.05) is 44.6 Å². The molecule has 0 bridgehead atoms. The molecular weight excluding hydrogens is 473 g/mol. The Bertz CT molecular complexity index is 1290. The summed E-state index contributed by atoms with van der Waals surface area (Å²) < 4.78 is 43.3. The molecule has 2 aromatic heterocycles. The largest absolute Gasteiger partial charge is 0.489 e. The SMILES string of the molecule is CCc1cnc(N2CCC(Oc3ccc(C(=O)Nc4ccc(S(C)(=O)=O)cc4F)nc3)CC2)nc1. The number of hydrogen-bond acceptors (Lipinski definition) is 8. The zero-order valence-corrected chi connectivity index (χ0v) is 20.3. The van der Waals surface area contributed by atoms with E-state index in [0.717, 1.165) is 56.2 Å². The Hall–Kier alpha value is -3.60. The molecule has 9 nitrogen and oxygen atoms in total. The first-order valence-electron chi connectivity index (χ1n) is 11.2. The van der Waals surface area contributed by atoms with Crippen molar-refractivity contribution in [3.63, 3.8) is 0 Å². The zero-order chi connectivity index (χ0) is 25.0. The number of nitrogens with one attached hydrogen (secondary N) is 1. The van der Waals surface area contributed by atoms with Gasteiger partial charge in [0.15, 0.2) is 9.84 Å². The van der Waals surface area contributed by atoms with Crippen LogP contribution in [0, 0.1) is 5.82 Å². The zero-order valence-electron chi connectivity index (χ0n) is 19.4. The van der Waals surface area contributed by atoms with Gasteiger partial charge in [-0.1, -0.05) is 6.92 Å². The second kappa shape index (κ2) is 10.3. The molecule has 1 fully saturated rings. The average molecular weight is 500 g/mol. The lowest BCUT2D eigenvalue weighted by Gasteiger charge is -2.32. The Kier molecular flexibility index (Phi) is 7.25. The standard InChI is InChI=1S/C24H26FN5O4S/c1-3-16-13-27-24(28-14-16)30-10-8-17(9-11-30)34-18-4-6-22(26-15-18)23(31)29-21-7-5-19(12-20(21)25)35(2,32)33/h4-7,12-15,17H,3,8-11H2,1-2H3,(H,29,31). The van der Waals surface area contributed by atoms with Gasteiger partial charge in [-0.2, -0.15) is 0 Å². The summed E-state index contributed by atoms with van der Waals surface area (Å²) in [4.78, 5) is 27.4. The first kappa shape index (κ1) is 24.5. The fraction of sp³-hybridized carbons (Fsp3) is 0.333. The minimum absolute atomic E-state index is 0.00472. The maximum atomic E-state index is 14.2. The lowest BCUT2D eigenvalue weighted by molar-refractivity contribution is 0.102. The van der Waals surface area contributed by atoms with Crippen molar-refractivity contribution in [1.29, 1.82) is 0 Å². The first-order chi connectivity index (χ1) is 16.7. The van der Waals surface area contributed by atoms with E-state index < -0.39 is 21.6 Å². The van der Waals surface area contributed by atoms with Gasteiger partial charge < -0.3 is 15.0 Å². The van der Waals surface area contributed by atoms with E-state index in [1.165, 1.54) is 24.4 Å². The van der Waals surface area contributed by atoms with Gasteiger partial charge in [0.25, 0.3) is 5.91 Å². The first-order valence-corrected chi connectivity index (χ1v) is 13.1. The van der Waals surface area contributed by atoms with E-state index in [2.05, 4.69) is 32.1 Å². The second-order valence-corrected chi connectivity index (χ2v) is 10.3. The van der Waals surface area contributed by atoms with E-state index in [4.69, 9.17) is 4.74 Å². The highest BCUT2D eigenvalue weighted by Crippen LogP contribution is 2.22. The summed E-state index contributed by atoms with van der Waals surface area (Å²) in [6, 6.07) is 6.44. The normalized spacial score (nSPS) is 14.5. The maximum Gasteiger partial charge on any atom is 0.274 e. The van der Waals surface area contributed by atoms with Crippen LogP contribution < -0.4 is 15.0 Å². The molecule has 1 saturated heterocycles. The van der Waals surface area contributed by atoms with Gasteiger partial charge in [0.1, 0.15) is 23.4 Å². The van der Waals surface area contributed by atoms with Gasteiger partial charge in [-0.15, -0.1) is 0 Å². The van der Waals surface area contributed by atoms with Crippen molar-refractivity contribution in [1.82, 2.24) is 15.0 Å². The Morgan fingerprint density at radius 2 is 1.83 bits per heavy atom. The van der Waals surface area contributed by atoms with Crippen molar-refractivity contribution in [2.75, 3.05) is 29.6 Å². The van der Waals surface area contributed by atoms with Crippen molar-refractivity contribution >= 4 is 27.4 Å². The number of anilines is 2. The molecule has 0 aliphatic carbocycles. The Morgan fingerprint density at radius 1 is 1.11 bits per heavy atom. The molecule has 0 radical (unpaired) electrons. The summed E-state index contributed by atoms with van der Waals surface area (Å²) in [5.74, 6) is -0.212. The Morgan fingerprint density at radius 3 is 2.40 bits per heavy atom. The number of aryl methyl sites for hydroxylation is 1. The van der Waals surface area contributed by atoms with Crippen LogP contribution in [0.5, 0.6) is 5.75 Å². The van der Waals surface area contributed by atoms with Crippen molar-refractivity contribution < 1.29 is 22.3 Å². The smallest absolute Gasteiger partial charge is 0.274 e. The highest BCUT2D eigenvalue weighted by atomic mass is 32.2. The molecule has 11 heteroatoms. The van der Waals surface area contributed by atoms with Crippen molar-refractivity contribution in [3.8, 4) is 5.75 Å². The van der Waals surface area contributed by atoms with E-state index in [1.54, 1.807) is 6.07 Å². The fourth-order valence-corrected chi connectivity index (χ4v) is 4.29.